The van der Waals surface area contributed by atoms with Gasteiger partial charge in [-0.3, -0.25) is 4.79 Å². The molecule has 3 aromatic rings. The van der Waals surface area contributed by atoms with E-state index < -0.39 is 0 Å². The lowest BCUT2D eigenvalue weighted by Gasteiger charge is -2.26. The van der Waals surface area contributed by atoms with Crippen molar-refractivity contribution in [1.29, 1.82) is 0 Å². The Morgan fingerprint density at radius 2 is 1.67 bits per heavy atom. The van der Waals surface area contributed by atoms with E-state index in [1.54, 1.807) is 0 Å². The number of hydrogen-bond acceptors (Lipinski definition) is 4. The van der Waals surface area contributed by atoms with E-state index >= 15 is 0 Å². The van der Waals surface area contributed by atoms with Gasteiger partial charge in [0.2, 0.25) is 0 Å². The molecular formula is C28H33N3O2. The molecule has 172 valence electrons. The monoisotopic (exact) mass is 443 g/mol. The Bertz CT molecular complexity index is 1090. The van der Waals surface area contributed by atoms with E-state index in [1.165, 1.54) is 0 Å². The molecule has 0 aliphatic carbocycles. The Morgan fingerprint density at radius 1 is 0.970 bits per heavy atom. The highest BCUT2D eigenvalue weighted by atomic mass is 16.3. The van der Waals surface area contributed by atoms with Gasteiger partial charge in [0.05, 0.1) is 0 Å². The van der Waals surface area contributed by atoms with E-state index in [1.807, 2.05) is 73.7 Å². The molecule has 0 heterocycles. The molecule has 2 unspecified atom stereocenters. The van der Waals surface area contributed by atoms with Crippen molar-refractivity contribution in [2.45, 2.75) is 32.4 Å². The zero-order valence-corrected chi connectivity index (χ0v) is 19.1. The van der Waals surface area contributed by atoms with E-state index in [4.69, 9.17) is 11.5 Å². The van der Waals surface area contributed by atoms with Gasteiger partial charge in [-0.15, -0.1) is 0 Å². The highest BCUT2D eigenvalue weighted by molar-refractivity contribution is 5.94. The molecule has 0 saturated carbocycles. The number of aliphatic hydroxyl groups excluding tert-OH is 1. The summed E-state index contributed by atoms with van der Waals surface area (Å²) in [6.45, 7) is 6.27. The lowest BCUT2D eigenvalue weighted by Crippen LogP contribution is -2.42. The Hall–Kier alpha value is -3.41. The average molecular weight is 444 g/mol. The van der Waals surface area contributed by atoms with Gasteiger partial charge < -0.3 is 21.9 Å². The van der Waals surface area contributed by atoms with Crippen LogP contribution in [0.3, 0.4) is 0 Å². The standard InChI is InChI=1S/C28H33N3O2/c1-3-27(26(18-32)15-20-6-4-8-24(14-20)19(2)30)31-28(33)23-12-10-22(11-13-23)25-9-5-7-21(16-25)17-29/h4-14,16,26-27,32H,2-3,15,17-18,29-30H2,1H3,(H,31,33). The van der Waals surface area contributed by atoms with Gasteiger partial charge >= 0.3 is 0 Å². The summed E-state index contributed by atoms with van der Waals surface area (Å²) in [6, 6.07) is 23.3. The van der Waals surface area contributed by atoms with Crippen LogP contribution in [0.15, 0.2) is 79.4 Å². The summed E-state index contributed by atoms with van der Waals surface area (Å²) in [5, 5.41) is 13.2. The van der Waals surface area contributed by atoms with Crippen LogP contribution in [0.4, 0.5) is 0 Å². The van der Waals surface area contributed by atoms with Gasteiger partial charge in [0.1, 0.15) is 0 Å². The van der Waals surface area contributed by atoms with Crippen molar-refractivity contribution in [3.8, 4) is 11.1 Å². The summed E-state index contributed by atoms with van der Waals surface area (Å²) in [5.41, 5.74) is 17.8. The molecule has 0 bridgehead atoms. The number of hydrogen-bond donors (Lipinski definition) is 4. The van der Waals surface area contributed by atoms with Crippen LogP contribution in [0.25, 0.3) is 16.8 Å². The van der Waals surface area contributed by atoms with Crippen molar-refractivity contribution in [2.24, 2.45) is 17.4 Å². The maximum atomic E-state index is 12.9. The van der Waals surface area contributed by atoms with Gasteiger partial charge in [-0.1, -0.05) is 62.0 Å². The summed E-state index contributed by atoms with van der Waals surface area (Å²) in [5.74, 6) is -0.259. The number of carbonyl (C=O) groups excluding carboxylic acids is 1. The van der Waals surface area contributed by atoms with E-state index in [0.717, 1.165) is 27.8 Å². The summed E-state index contributed by atoms with van der Waals surface area (Å²) < 4.78 is 0. The molecule has 3 aromatic carbocycles. The minimum atomic E-state index is -0.159. The minimum absolute atomic E-state index is 0.0248. The third-order valence-corrected chi connectivity index (χ3v) is 6.00. The summed E-state index contributed by atoms with van der Waals surface area (Å²) in [6.07, 6.45) is 1.34. The van der Waals surface area contributed by atoms with Crippen LogP contribution >= 0.6 is 0 Å². The Morgan fingerprint density at radius 3 is 2.30 bits per heavy atom. The molecule has 0 spiro atoms. The van der Waals surface area contributed by atoms with Gasteiger partial charge in [-0.2, -0.15) is 0 Å². The molecular weight excluding hydrogens is 410 g/mol. The molecule has 0 aliphatic rings. The number of nitrogens with two attached hydrogens (primary N) is 2. The molecule has 5 nitrogen and oxygen atoms in total. The van der Waals surface area contributed by atoms with Gasteiger partial charge in [0.15, 0.2) is 0 Å². The largest absolute Gasteiger partial charge is 0.399 e. The van der Waals surface area contributed by atoms with Crippen molar-refractivity contribution in [3.05, 3.63) is 102 Å². The zero-order valence-electron chi connectivity index (χ0n) is 19.1. The van der Waals surface area contributed by atoms with Gasteiger partial charge in [0, 0.05) is 36.4 Å². The Balaban J connectivity index is 1.70. The number of rotatable bonds is 10. The molecule has 1 amide bonds. The molecule has 0 aromatic heterocycles. The van der Waals surface area contributed by atoms with Gasteiger partial charge in [-0.05, 0) is 64.9 Å². The minimum Gasteiger partial charge on any atom is -0.399 e. The summed E-state index contributed by atoms with van der Waals surface area (Å²) >= 11 is 0. The number of carbonyl (C=O) groups is 1. The third-order valence-electron chi connectivity index (χ3n) is 6.00. The van der Waals surface area contributed by atoms with E-state index in [0.29, 0.717) is 30.6 Å². The highest BCUT2D eigenvalue weighted by Crippen LogP contribution is 2.22. The zero-order chi connectivity index (χ0) is 23.8. The predicted molar refractivity (Wildman–Crippen MR) is 135 cm³/mol. The van der Waals surface area contributed by atoms with Crippen LogP contribution in [0.5, 0.6) is 0 Å². The van der Waals surface area contributed by atoms with Crippen molar-refractivity contribution in [3.63, 3.8) is 0 Å². The molecule has 0 aliphatic heterocycles. The first-order valence-corrected chi connectivity index (χ1v) is 11.3. The average Bonchev–Trinajstić information content (AvgIpc) is 2.86. The molecule has 33 heavy (non-hydrogen) atoms. The number of aliphatic hydroxyl groups is 1. The van der Waals surface area contributed by atoms with Gasteiger partial charge in [0.25, 0.3) is 5.91 Å². The number of benzene rings is 3. The third kappa shape index (κ3) is 6.31. The van der Waals surface area contributed by atoms with Crippen LogP contribution in [0.1, 0.15) is 40.4 Å². The first kappa shape index (κ1) is 24.2. The normalized spacial score (nSPS) is 12.7. The molecule has 0 fully saturated rings. The van der Waals surface area contributed by atoms with Crippen molar-refractivity contribution in [1.82, 2.24) is 5.32 Å². The molecule has 3 rings (SSSR count). The Kier molecular flexibility index (Phi) is 8.41. The summed E-state index contributed by atoms with van der Waals surface area (Å²) in [7, 11) is 0. The first-order valence-electron chi connectivity index (χ1n) is 11.3. The second-order valence-electron chi connectivity index (χ2n) is 8.34. The van der Waals surface area contributed by atoms with E-state index in [9.17, 15) is 9.90 Å². The number of nitrogens with one attached hydrogen (secondary N) is 1. The lowest BCUT2D eigenvalue weighted by molar-refractivity contribution is 0.0901. The topological polar surface area (TPSA) is 101 Å². The fourth-order valence-electron chi connectivity index (χ4n) is 4.03. The number of amides is 1. The second-order valence-corrected chi connectivity index (χ2v) is 8.34. The molecule has 2 atom stereocenters. The Labute approximate surface area is 196 Å². The quantitative estimate of drug-likeness (QED) is 0.379. The smallest absolute Gasteiger partial charge is 0.251 e. The molecule has 5 heteroatoms. The predicted octanol–water partition coefficient (Wildman–Crippen LogP) is 4.10. The van der Waals surface area contributed by atoms with E-state index in [2.05, 4.69) is 18.0 Å². The lowest BCUT2D eigenvalue weighted by atomic mass is 9.90. The molecule has 6 N–H and O–H groups in total. The van der Waals surface area contributed by atoms with Gasteiger partial charge in [-0.25, -0.2) is 0 Å². The van der Waals surface area contributed by atoms with Crippen LogP contribution in [-0.4, -0.2) is 23.7 Å². The SMILES string of the molecule is C=C(N)c1cccc(CC(CO)C(CC)NC(=O)c2ccc(-c3cccc(CN)c3)cc2)c1. The fourth-order valence-corrected chi connectivity index (χ4v) is 4.03. The maximum absolute atomic E-state index is 12.9. The van der Waals surface area contributed by atoms with Crippen molar-refractivity contribution >= 4 is 11.6 Å². The van der Waals surface area contributed by atoms with Crippen LogP contribution in [0, 0.1) is 5.92 Å². The highest BCUT2D eigenvalue weighted by Gasteiger charge is 2.22. The fraction of sp³-hybridized carbons (Fsp3) is 0.250. The first-order chi connectivity index (χ1) is 15.9. The maximum Gasteiger partial charge on any atom is 0.251 e. The van der Waals surface area contributed by atoms with Crippen LogP contribution < -0.4 is 16.8 Å². The summed E-state index contributed by atoms with van der Waals surface area (Å²) in [4.78, 5) is 12.9. The van der Waals surface area contributed by atoms with Crippen molar-refractivity contribution in [2.75, 3.05) is 6.61 Å². The van der Waals surface area contributed by atoms with E-state index in [-0.39, 0.29) is 24.5 Å². The van der Waals surface area contributed by atoms with Crippen molar-refractivity contribution < 1.29 is 9.90 Å². The molecule has 0 saturated heterocycles. The second kappa shape index (κ2) is 11.5. The molecule has 0 radical (unpaired) electrons. The van der Waals surface area contributed by atoms with Crippen LogP contribution in [-0.2, 0) is 13.0 Å². The van der Waals surface area contributed by atoms with Crippen LogP contribution in [0.2, 0.25) is 0 Å².